The lowest BCUT2D eigenvalue weighted by molar-refractivity contribution is 0.0563. The lowest BCUT2D eigenvalue weighted by Crippen LogP contribution is -2.01. The molecule has 0 aromatic carbocycles. The zero-order valence-corrected chi connectivity index (χ0v) is 11.4. The SMILES string of the molecule is CCOc1ccc(NCc2ccc(C(=O)OC)o2)cn1. The average Bonchev–Trinajstić information content (AvgIpc) is 2.95. The number of carbonyl (C=O) groups is 1. The molecule has 0 amide bonds. The van der Waals surface area contributed by atoms with Crippen LogP contribution in [0.25, 0.3) is 0 Å². The summed E-state index contributed by atoms with van der Waals surface area (Å²) in [5.74, 6) is 0.927. The molecule has 6 heteroatoms. The Hall–Kier alpha value is -2.50. The minimum atomic E-state index is -0.487. The Morgan fingerprint density at radius 3 is 2.85 bits per heavy atom. The van der Waals surface area contributed by atoms with Gasteiger partial charge in [0.1, 0.15) is 5.76 Å². The second-order valence-electron chi connectivity index (χ2n) is 3.93. The van der Waals surface area contributed by atoms with Gasteiger partial charge in [0.2, 0.25) is 11.6 Å². The number of carbonyl (C=O) groups excluding carboxylic acids is 1. The van der Waals surface area contributed by atoms with Gasteiger partial charge in [-0.1, -0.05) is 0 Å². The molecule has 106 valence electrons. The number of pyridine rings is 1. The maximum Gasteiger partial charge on any atom is 0.373 e. The third-order valence-corrected chi connectivity index (χ3v) is 2.54. The lowest BCUT2D eigenvalue weighted by Gasteiger charge is -2.05. The predicted octanol–water partition coefficient (Wildman–Crippen LogP) is 2.47. The van der Waals surface area contributed by atoms with Crippen molar-refractivity contribution < 1.29 is 18.7 Å². The van der Waals surface area contributed by atoms with E-state index in [2.05, 4.69) is 15.0 Å². The van der Waals surface area contributed by atoms with E-state index in [1.165, 1.54) is 7.11 Å². The number of furan rings is 1. The van der Waals surface area contributed by atoms with Gasteiger partial charge in [-0.25, -0.2) is 9.78 Å². The van der Waals surface area contributed by atoms with Crippen molar-refractivity contribution in [1.29, 1.82) is 0 Å². The van der Waals surface area contributed by atoms with Crippen LogP contribution in [0, 0.1) is 0 Å². The van der Waals surface area contributed by atoms with Crippen LogP contribution >= 0.6 is 0 Å². The van der Waals surface area contributed by atoms with Crippen molar-refractivity contribution in [1.82, 2.24) is 4.98 Å². The van der Waals surface area contributed by atoms with E-state index in [1.807, 2.05) is 13.0 Å². The van der Waals surface area contributed by atoms with Gasteiger partial charge >= 0.3 is 5.97 Å². The van der Waals surface area contributed by atoms with Gasteiger partial charge in [0.05, 0.1) is 32.1 Å². The van der Waals surface area contributed by atoms with Crippen molar-refractivity contribution in [3.05, 3.63) is 42.0 Å². The summed E-state index contributed by atoms with van der Waals surface area (Å²) in [4.78, 5) is 15.4. The van der Waals surface area contributed by atoms with Gasteiger partial charge < -0.3 is 19.2 Å². The Bertz CT molecular complexity index is 563. The van der Waals surface area contributed by atoms with Crippen LogP contribution in [0.3, 0.4) is 0 Å². The highest BCUT2D eigenvalue weighted by Crippen LogP contribution is 2.14. The largest absolute Gasteiger partial charge is 0.478 e. The maximum absolute atomic E-state index is 11.2. The number of nitrogens with zero attached hydrogens (tertiary/aromatic N) is 1. The maximum atomic E-state index is 11.2. The minimum absolute atomic E-state index is 0.189. The van der Waals surface area contributed by atoms with Gasteiger partial charge in [-0.15, -0.1) is 0 Å². The van der Waals surface area contributed by atoms with E-state index >= 15 is 0 Å². The number of hydrogen-bond acceptors (Lipinski definition) is 6. The molecule has 0 saturated carbocycles. The average molecular weight is 276 g/mol. The number of methoxy groups -OCH3 is 1. The zero-order chi connectivity index (χ0) is 14.4. The standard InChI is InChI=1S/C14H16N2O4/c1-3-19-13-7-4-10(8-16-13)15-9-11-5-6-12(20-11)14(17)18-2/h4-8,15H,3,9H2,1-2H3. The molecular formula is C14H16N2O4. The highest BCUT2D eigenvalue weighted by molar-refractivity contribution is 5.86. The van der Waals surface area contributed by atoms with Gasteiger partial charge in [-0.3, -0.25) is 0 Å². The molecule has 2 heterocycles. The number of rotatable bonds is 6. The molecule has 0 saturated heterocycles. The second-order valence-corrected chi connectivity index (χ2v) is 3.93. The second kappa shape index (κ2) is 6.60. The van der Waals surface area contributed by atoms with Crippen LogP contribution in [0.4, 0.5) is 5.69 Å². The molecule has 0 fully saturated rings. The van der Waals surface area contributed by atoms with E-state index < -0.39 is 5.97 Å². The van der Waals surface area contributed by atoms with Crippen molar-refractivity contribution in [3.63, 3.8) is 0 Å². The van der Waals surface area contributed by atoms with Crippen molar-refractivity contribution in [2.24, 2.45) is 0 Å². The van der Waals surface area contributed by atoms with Crippen molar-refractivity contribution in [2.45, 2.75) is 13.5 Å². The molecule has 2 aromatic rings. The molecule has 20 heavy (non-hydrogen) atoms. The molecule has 2 aromatic heterocycles. The summed E-state index contributed by atoms with van der Waals surface area (Å²) in [6.45, 7) is 2.94. The quantitative estimate of drug-likeness (QED) is 0.817. The third-order valence-electron chi connectivity index (χ3n) is 2.54. The van der Waals surface area contributed by atoms with Crippen LogP contribution in [0.15, 0.2) is 34.9 Å². The van der Waals surface area contributed by atoms with E-state index in [4.69, 9.17) is 9.15 Å². The number of nitrogens with one attached hydrogen (secondary N) is 1. The van der Waals surface area contributed by atoms with Gasteiger partial charge in [-0.2, -0.15) is 0 Å². The van der Waals surface area contributed by atoms with Gasteiger partial charge in [-0.05, 0) is 25.1 Å². The summed E-state index contributed by atoms with van der Waals surface area (Å²) in [7, 11) is 1.31. The first-order valence-electron chi connectivity index (χ1n) is 6.22. The highest BCUT2D eigenvalue weighted by Gasteiger charge is 2.10. The van der Waals surface area contributed by atoms with Crippen molar-refractivity contribution >= 4 is 11.7 Å². The summed E-state index contributed by atoms with van der Waals surface area (Å²) in [6.07, 6.45) is 1.68. The fourth-order valence-electron chi connectivity index (χ4n) is 1.59. The molecule has 0 bridgehead atoms. The lowest BCUT2D eigenvalue weighted by atomic mass is 10.4. The molecule has 0 spiro atoms. The highest BCUT2D eigenvalue weighted by atomic mass is 16.5. The molecule has 2 rings (SSSR count). The normalized spacial score (nSPS) is 10.1. The first-order chi connectivity index (χ1) is 9.72. The molecule has 0 aliphatic carbocycles. The first kappa shape index (κ1) is 13.9. The Morgan fingerprint density at radius 1 is 1.35 bits per heavy atom. The first-order valence-corrected chi connectivity index (χ1v) is 6.22. The van der Waals surface area contributed by atoms with Crippen LogP contribution < -0.4 is 10.1 Å². The Labute approximate surface area is 116 Å². The van der Waals surface area contributed by atoms with Crippen LogP contribution in [-0.4, -0.2) is 24.7 Å². The van der Waals surface area contributed by atoms with Crippen LogP contribution in [-0.2, 0) is 11.3 Å². The molecule has 0 radical (unpaired) electrons. The fourth-order valence-corrected chi connectivity index (χ4v) is 1.59. The monoisotopic (exact) mass is 276 g/mol. The van der Waals surface area contributed by atoms with E-state index in [0.717, 1.165) is 5.69 Å². The third kappa shape index (κ3) is 3.50. The summed E-state index contributed by atoms with van der Waals surface area (Å²) >= 11 is 0. The summed E-state index contributed by atoms with van der Waals surface area (Å²) in [6, 6.07) is 6.95. The van der Waals surface area contributed by atoms with E-state index in [0.29, 0.717) is 24.8 Å². The van der Waals surface area contributed by atoms with Crippen molar-refractivity contribution in [3.8, 4) is 5.88 Å². The number of aromatic nitrogens is 1. The molecule has 0 unspecified atom stereocenters. The van der Waals surface area contributed by atoms with Crippen molar-refractivity contribution in [2.75, 3.05) is 19.0 Å². The predicted molar refractivity (Wildman–Crippen MR) is 72.8 cm³/mol. The molecule has 0 aliphatic rings. The van der Waals surface area contributed by atoms with Crippen LogP contribution in [0.1, 0.15) is 23.2 Å². The smallest absolute Gasteiger partial charge is 0.373 e. The minimum Gasteiger partial charge on any atom is -0.478 e. The van der Waals surface area contributed by atoms with Gasteiger partial charge in [0.25, 0.3) is 0 Å². The Kier molecular flexibility index (Phi) is 4.60. The van der Waals surface area contributed by atoms with Crippen LogP contribution in [0.2, 0.25) is 0 Å². The van der Waals surface area contributed by atoms with E-state index in [-0.39, 0.29) is 5.76 Å². The Balaban J connectivity index is 1.91. The number of ether oxygens (including phenoxy) is 2. The Morgan fingerprint density at radius 2 is 2.20 bits per heavy atom. The molecule has 1 N–H and O–H groups in total. The van der Waals surface area contributed by atoms with Gasteiger partial charge in [0, 0.05) is 6.07 Å². The summed E-state index contributed by atoms with van der Waals surface area (Å²) in [5.41, 5.74) is 0.837. The fraction of sp³-hybridized carbons (Fsp3) is 0.286. The molecule has 0 aliphatic heterocycles. The summed E-state index contributed by atoms with van der Waals surface area (Å²) < 4.78 is 15.2. The molecule has 6 nitrogen and oxygen atoms in total. The molecular weight excluding hydrogens is 260 g/mol. The zero-order valence-electron chi connectivity index (χ0n) is 11.4. The van der Waals surface area contributed by atoms with Gasteiger partial charge in [0.15, 0.2) is 0 Å². The number of hydrogen-bond donors (Lipinski definition) is 1. The summed E-state index contributed by atoms with van der Waals surface area (Å²) in [5, 5.41) is 3.14. The van der Waals surface area contributed by atoms with E-state index in [9.17, 15) is 4.79 Å². The number of esters is 1. The molecule has 0 atom stereocenters. The van der Waals surface area contributed by atoms with E-state index in [1.54, 1.807) is 24.4 Å². The number of anilines is 1. The topological polar surface area (TPSA) is 73.6 Å². The van der Waals surface area contributed by atoms with Crippen LogP contribution in [0.5, 0.6) is 5.88 Å².